The summed E-state index contributed by atoms with van der Waals surface area (Å²) in [6, 6.07) is 6.16. The molecule has 1 aliphatic rings. The van der Waals surface area contributed by atoms with Gasteiger partial charge in [-0.2, -0.15) is 0 Å². The lowest BCUT2D eigenvalue weighted by atomic mass is 9.91. The van der Waals surface area contributed by atoms with E-state index >= 15 is 0 Å². The summed E-state index contributed by atoms with van der Waals surface area (Å²) in [4.78, 5) is 25.5. The van der Waals surface area contributed by atoms with Crippen LogP contribution in [0.25, 0.3) is 11.0 Å². The Morgan fingerprint density at radius 3 is 2.71 bits per heavy atom. The number of benzene rings is 1. The van der Waals surface area contributed by atoms with E-state index in [4.69, 9.17) is 4.74 Å². The van der Waals surface area contributed by atoms with Gasteiger partial charge in [-0.05, 0) is 45.0 Å². The Morgan fingerprint density at radius 1 is 1.23 bits per heavy atom. The fourth-order valence-corrected chi connectivity index (χ4v) is 4.78. The highest BCUT2D eigenvalue weighted by atomic mass is 32.2. The first-order chi connectivity index (χ1) is 14.6. The van der Waals surface area contributed by atoms with Crippen molar-refractivity contribution in [3.8, 4) is 5.88 Å². The topological polar surface area (TPSA) is 106 Å². The monoisotopic (exact) mass is 443 g/mol. The van der Waals surface area contributed by atoms with E-state index in [-0.39, 0.29) is 17.2 Å². The van der Waals surface area contributed by atoms with E-state index in [9.17, 15) is 13.4 Å². The summed E-state index contributed by atoms with van der Waals surface area (Å²) in [5, 5.41) is 5.99. The number of hydrogen-bond donors (Lipinski definition) is 2. The van der Waals surface area contributed by atoms with Crippen molar-refractivity contribution in [2.75, 3.05) is 18.2 Å². The van der Waals surface area contributed by atoms with Gasteiger partial charge >= 0.3 is 0 Å². The molecule has 8 nitrogen and oxygen atoms in total. The molecule has 1 unspecified atom stereocenters. The third kappa shape index (κ3) is 3.71. The van der Waals surface area contributed by atoms with Crippen LogP contribution in [0.1, 0.15) is 26.3 Å². The van der Waals surface area contributed by atoms with Crippen molar-refractivity contribution in [3.05, 3.63) is 48.0 Å². The molecular weight excluding hydrogens is 421 g/mol. The molecule has 2 atom stereocenters. The first kappa shape index (κ1) is 21.1. The molecule has 1 fully saturated rings. The Kier molecular flexibility index (Phi) is 5.12. The first-order valence-corrected chi connectivity index (χ1v) is 10.9. The van der Waals surface area contributed by atoms with Crippen LogP contribution in [-0.4, -0.2) is 42.7 Å². The average molecular weight is 444 g/mol. The van der Waals surface area contributed by atoms with Gasteiger partial charge in [0.05, 0.1) is 30.1 Å². The Hall–Kier alpha value is -3.14. The maximum atomic E-state index is 14.8. The van der Waals surface area contributed by atoms with Crippen molar-refractivity contribution in [1.82, 2.24) is 20.3 Å². The van der Waals surface area contributed by atoms with Crippen LogP contribution in [0, 0.1) is 5.82 Å². The maximum absolute atomic E-state index is 14.8. The van der Waals surface area contributed by atoms with Crippen molar-refractivity contribution in [2.45, 2.75) is 31.1 Å². The van der Waals surface area contributed by atoms with E-state index in [1.807, 2.05) is 0 Å². The standard InChI is InChI=1S/C21H22FN5O3S/c1-20(2)19(28)27-21(3,11-31(20)29)13-9-12(5-6-14(13)22)25-18-17-15(7-8-23-18)26-16(30-4)10-24-17/h5-10H,11H2,1-4H3,(H,23,25)(H,27,28)/t21-,31?/m0/s1. The van der Waals surface area contributed by atoms with Gasteiger partial charge in [0, 0.05) is 28.2 Å². The van der Waals surface area contributed by atoms with Gasteiger partial charge in [-0.3, -0.25) is 9.00 Å². The lowest BCUT2D eigenvalue weighted by Gasteiger charge is -2.41. The number of methoxy groups -OCH3 is 1. The fraction of sp³-hybridized carbons (Fsp3) is 0.333. The Balaban J connectivity index is 1.70. The number of aromatic nitrogens is 3. The molecular formula is C21H22FN5O3S. The number of hydrogen-bond acceptors (Lipinski definition) is 7. The van der Waals surface area contributed by atoms with Crippen LogP contribution in [0.5, 0.6) is 5.88 Å². The summed E-state index contributed by atoms with van der Waals surface area (Å²) >= 11 is 0. The highest BCUT2D eigenvalue weighted by Gasteiger charge is 2.48. The minimum atomic E-state index is -1.47. The predicted molar refractivity (Wildman–Crippen MR) is 116 cm³/mol. The van der Waals surface area contributed by atoms with E-state index in [1.54, 1.807) is 45.2 Å². The number of carbonyl (C=O) groups is 1. The summed E-state index contributed by atoms with van der Waals surface area (Å²) in [6.45, 7) is 4.91. The molecule has 0 bridgehead atoms. The second-order valence-electron chi connectivity index (χ2n) is 8.05. The van der Waals surface area contributed by atoms with E-state index in [0.717, 1.165) is 0 Å². The largest absolute Gasteiger partial charge is 0.480 e. The van der Waals surface area contributed by atoms with Gasteiger partial charge < -0.3 is 15.4 Å². The number of amides is 1. The summed E-state index contributed by atoms with van der Waals surface area (Å²) < 4.78 is 31.5. The molecule has 162 valence electrons. The molecule has 4 rings (SSSR count). The van der Waals surface area contributed by atoms with Crippen molar-refractivity contribution < 1.29 is 18.1 Å². The Morgan fingerprint density at radius 2 is 2.00 bits per heavy atom. The highest BCUT2D eigenvalue weighted by molar-refractivity contribution is 7.87. The van der Waals surface area contributed by atoms with Crippen LogP contribution in [0.3, 0.4) is 0 Å². The van der Waals surface area contributed by atoms with E-state index in [1.165, 1.54) is 19.4 Å². The quantitative estimate of drug-likeness (QED) is 0.639. The first-order valence-electron chi connectivity index (χ1n) is 9.58. The van der Waals surface area contributed by atoms with Crippen molar-refractivity contribution in [3.63, 3.8) is 0 Å². The molecule has 0 aliphatic carbocycles. The Labute approximate surface area is 181 Å². The van der Waals surface area contributed by atoms with Gasteiger partial charge in [-0.15, -0.1) is 0 Å². The molecule has 3 aromatic rings. The molecule has 0 spiro atoms. The maximum Gasteiger partial charge on any atom is 0.239 e. The predicted octanol–water partition coefficient (Wildman–Crippen LogP) is 2.79. The minimum Gasteiger partial charge on any atom is -0.480 e. The number of pyridine rings is 1. The molecule has 1 saturated heterocycles. The number of halogens is 1. The molecule has 2 N–H and O–H groups in total. The number of anilines is 2. The number of nitrogens with one attached hydrogen (secondary N) is 2. The summed E-state index contributed by atoms with van der Waals surface area (Å²) in [6.07, 6.45) is 3.07. The number of nitrogens with zero attached hydrogens (tertiary/aromatic N) is 3. The summed E-state index contributed by atoms with van der Waals surface area (Å²) in [5.41, 5.74) is 0.777. The van der Waals surface area contributed by atoms with Crippen molar-refractivity contribution in [1.29, 1.82) is 0 Å². The molecule has 10 heteroatoms. The van der Waals surface area contributed by atoms with Gasteiger partial charge in [-0.1, -0.05) is 0 Å². The van der Waals surface area contributed by atoms with Crippen LogP contribution < -0.4 is 15.4 Å². The third-order valence-electron chi connectivity index (χ3n) is 5.40. The minimum absolute atomic E-state index is 0.101. The molecule has 0 radical (unpaired) electrons. The molecule has 0 saturated carbocycles. The number of ether oxygens (including phenoxy) is 1. The summed E-state index contributed by atoms with van der Waals surface area (Å²) in [7, 11) is 0.0421. The normalized spacial score (nSPS) is 22.7. The van der Waals surface area contributed by atoms with Crippen LogP contribution in [0.2, 0.25) is 0 Å². The number of carbonyl (C=O) groups excluding carboxylic acids is 1. The van der Waals surface area contributed by atoms with Crippen molar-refractivity contribution >= 4 is 39.2 Å². The van der Waals surface area contributed by atoms with Gasteiger partial charge in [-0.25, -0.2) is 19.3 Å². The Bertz CT molecular complexity index is 1200. The molecule has 1 aromatic carbocycles. The van der Waals surface area contributed by atoms with Gasteiger partial charge in [0.2, 0.25) is 11.8 Å². The van der Waals surface area contributed by atoms with Gasteiger partial charge in [0.15, 0.2) is 5.82 Å². The van der Waals surface area contributed by atoms with E-state index in [0.29, 0.717) is 28.4 Å². The molecule has 1 amide bonds. The SMILES string of the molecule is COc1cnc2c(Nc3ccc(F)c([C@]4(C)CS(=O)C(C)(C)C(=O)N4)c3)nccc2n1. The average Bonchev–Trinajstić information content (AvgIpc) is 2.73. The molecule has 31 heavy (non-hydrogen) atoms. The lowest BCUT2D eigenvalue weighted by Crippen LogP contribution is -2.62. The lowest BCUT2D eigenvalue weighted by molar-refractivity contribution is -0.125. The second kappa shape index (κ2) is 7.52. The van der Waals surface area contributed by atoms with Crippen LogP contribution in [-0.2, 0) is 21.1 Å². The van der Waals surface area contributed by atoms with Crippen LogP contribution in [0.15, 0.2) is 36.7 Å². The summed E-state index contributed by atoms with van der Waals surface area (Å²) in [5.74, 6) is 0.0419. The molecule has 1 aliphatic heterocycles. The fourth-order valence-electron chi connectivity index (χ4n) is 3.41. The van der Waals surface area contributed by atoms with Gasteiger partial charge in [0.25, 0.3) is 0 Å². The molecule has 2 aromatic heterocycles. The zero-order valence-electron chi connectivity index (χ0n) is 17.5. The molecule has 3 heterocycles. The smallest absolute Gasteiger partial charge is 0.239 e. The number of rotatable bonds is 4. The third-order valence-corrected chi connectivity index (χ3v) is 7.56. The zero-order valence-corrected chi connectivity index (χ0v) is 18.3. The number of fused-ring (bicyclic) bond motifs is 1. The second-order valence-corrected chi connectivity index (χ2v) is 10.0. The highest BCUT2D eigenvalue weighted by Crippen LogP contribution is 2.34. The van der Waals surface area contributed by atoms with Gasteiger partial charge in [0.1, 0.15) is 16.1 Å². The van der Waals surface area contributed by atoms with Crippen molar-refractivity contribution in [2.24, 2.45) is 0 Å². The van der Waals surface area contributed by atoms with E-state index < -0.39 is 26.9 Å². The van der Waals surface area contributed by atoms with E-state index in [2.05, 4.69) is 25.6 Å². The zero-order chi connectivity index (χ0) is 22.4. The van der Waals surface area contributed by atoms with Crippen LogP contribution >= 0.6 is 0 Å². The van der Waals surface area contributed by atoms with Crippen LogP contribution in [0.4, 0.5) is 15.9 Å².